The van der Waals surface area contributed by atoms with Gasteiger partial charge in [-0.3, -0.25) is 4.57 Å². The predicted octanol–water partition coefficient (Wildman–Crippen LogP) is 5.13. The maximum Gasteiger partial charge on any atom is 0.334 e. The van der Waals surface area contributed by atoms with Crippen molar-refractivity contribution in [2.24, 2.45) is 5.92 Å². The van der Waals surface area contributed by atoms with Crippen LogP contribution < -0.4 is 0 Å². The molecule has 1 aromatic carbocycles. The lowest BCUT2D eigenvalue weighted by Crippen LogP contribution is -2.11. The summed E-state index contributed by atoms with van der Waals surface area (Å²) < 4.78 is 24.2. The second-order valence-electron chi connectivity index (χ2n) is 6.08. The Morgan fingerprint density at radius 2 is 1.67 bits per heavy atom. The number of allylic oxidation sites excluding steroid dienone is 1. The highest BCUT2D eigenvalue weighted by Gasteiger charge is 2.52. The third-order valence-electron chi connectivity index (χ3n) is 3.26. The predicted molar refractivity (Wildman–Crippen MR) is 87.4 cm³/mol. The lowest BCUT2D eigenvalue weighted by Gasteiger charge is -2.22. The Morgan fingerprint density at radius 1 is 1.10 bits per heavy atom. The molecule has 0 aromatic heterocycles. The van der Waals surface area contributed by atoms with Crippen LogP contribution in [0.3, 0.4) is 0 Å². The molecule has 2 atom stereocenters. The first kappa shape index (κ1) is 16.5. The van der Waals surface area contributed by atoms with Crippen LogP contribution in [0.2, 0.25) is 0 Å². The minimum atomic E-state index is -3.02. The third kappa shape index (κ3) is 4.81. The average Bonchev–Trinajstić information content (AvgIpc) is 3.16. The van der Waals surface area contributed by atoms with Gasteiger partial charge in [-0.1, -0.05) is 42.5 Å². The zero-order chi connectivity index (χ0) is 15.5. The van der Waals surface area contributed by atoms with Gasteiger partial charge < -0.3 is 9.05 Å². The second-order valence-corrected chi connectivity index (χ2v) is 8.25. The Kier molecular flexibility index (Phi) is 5.43. The van der Waals surface area contributed by atoms with E-state index in [1.807, 2.05) is 45.9 Å². The van der Waals surface area contributed by atoms with E-state index in [1.165, 1.54) is 0 Å². The van der Waals surface area contributed by atoms with Crippen molar-refractivity contribution in [3.63, 3.8) is 0 Å². The number of hydrogen-bond acceptors (Lipinski definition) is 3. The molecule has 0 spiro atoms. The molecule has 0 N–H and O–H groups in total. The molecule has 1 aliphatic carbocycles. The minimum Gasteiger partial charge on any atom is -0.306 e. The van der Waals surface area contributed by atoms with Crippen LogP contribution in [-0.4, -0.2) is 17.9 Å². The average molecular weight is 308 g/mol. The molecule has 0 heterocycles. The summed E-state index contributed by atoms with van der Waals surface area (Å²) in [6.45, 7) is 7.59. The normalized spacial score (nSPS) is 22.4. The monoisotopic (exact) mass is 308 g/mol. The Bertz CT molecular complexity index is 508. The van der Waals surface area contributed by atoms with Crippen LogP contribution in [0.4, 0.5) is 0 Å². The maximum atomic E-state index is 12.9. The number of benzene rings is 1. The van der Waals surface area contributed by atoms with Gasteiger partial charge in [0.25, 0.3) is 0 Å². The smallest absolute Gasteiger partial charge is 0.306 e. The first-order valence-electron chi connectivity index (χ1n) is 7.60. The number of rotatable bonds is 7. The molecule has 1 aromatic rings. The van der Waals surface area contributed by atoms with Crippen molar-refractivity contribution in [1.82, 2.24) is 0 Å². The Morgan fingerprint density at radius 3 is 2.19 bits per heavy atom. The Labute approximate surface area is 127 Å². The molecule has 1 saturated carbocycles. The quantitative estimate of drug-likeness (QED) is 0.655. The van der Waals surface area contributed by atoms with Gasteiger partial charge in [-0.2, -0.15) is 0 Å². The van der Waals surface area contributed by atoms with Crippen LogP contribution in [-0.2, 0) is 13.6 Å². The molecule has 0 amide bonds. The SMILES string of the molecule is CC(C)OP(=O)(OC(C)C)[C@H]1C[C@@H]1/C=C/c1ccccc1. The van der Waals surface area contributed by atoms with Crippen molar-refractivity contribution < 1.29 is 13.6 Å². The van der Waals surface area contributed by atoms with E-state index >= 15 is 0 Å². The van der Waals surface area contributed by atoms with E-state index < -0.39 is 7.60 Å². The minimum absolute atomic E-state index is 0.00209. The van der Waals surface area contributed by atoms with Crippen LogP contribution in [0.1, 0.15) is 39.7 Å². The van der Waals surface area contributed by atoms with Crippen molar-refractivity contribution in [1.29, 1.82) is 0 Å². The first-order valence-corrected chi connectivity index (χ1v) is 9.21. The van der Waals surface area contributed by atoms with Crippen LogP contribution >= 0.6 is 7.60 Å². The molecule has 0 aliphatic heterocycles. The molecule has 116 valence electrons. The summed E-state index contributed by atoms with van der Waals surface area (Å²) in [4.78, 5) is 0. The summed E-state index contributed by atoms with van der Waals surface area (Å²) in [7, 11) is -3.02. The zero-order valence-electron chi connectivity index (χ0n) is 13.2. The van der Waals surface area contributed by atoms with Gasteiger partial charge >= 0.3 is 7.60 Å². The highest BCUT2D eigenvalue weighted by molar-refractivity contribution is 7.55. The molecule has 21 heavy (non-hydrogen) atoms. The summed E-state index contributed by atoms with van der Waals surface area (Å²) in [5, 5.41) is 0. The fourth-order valence-corrected chi connectivity index (χ4v) is 4.95. The van der Waals surface area contributed by atoms with Gasteiger partial charge in [0.15, 0.2) is 0 Å². The first-order chi connectivity index (χ1) is 9.90. The molecule has 0 unspecified atom stereocenters. The summed E-state index contributed by atoms with van der Waals surface area (Å²) >= 11 is 0. The van der Waals surface area contributed by atoms with Gasteiger partial charge in [-0.15, -0.1) is 0 Å². The molecule has 2 rings (SSSR count). The summed E-state index contributed by atoms with van der Waals surface area (Å²) in [6.07, 6.45) is 4.91. The highest BCUT2D eigenvalue weighted by Crippen LogP contribution is 2.66. The molecule has 0 bridgehead atoms. The van der Waals surface area contributed by atoms with E-state index in [2.05, 4.69) is 24.3 Å². The van der Waals surface area contributed by atoms with Gasteiger partial charge in [-0.05, 0) is 45.6 Å². The third-order valence-corrected chi connectivity index (χ3v) is 6.10. The van der Waals surface area contributed by atoms with Gasteiger partial charge in [-0.25, -0.2) is 0 Å². The van der Waals surface area contributed by atoms with E-state index in [0.29, 0.717) is 0 Å². The van der Waals surface area contributed by atoms with Crippen LogP contribution in [0, 0.1) is 5.92 Å². The molecular weight excluding hydrogens is 283 g/mol. The van der Waals surface area contributed by atoms with E-state index in [9.17, 15) is 4.57 Å². The molecule has 4 heteroatoms. The number of hydrogen-bond donors (Lipinski definition) is 0. The lowest BCUT2D eigenvalue weighted by atomic mass is 10.2. The van der Waals surface area contributed by atoms with Crippen LogP contribution in [0.15, 0.2) is 36.4 Å². The second kappa shape index (κ2) is 6.91. The standard InChI is InChI=1S/C17H25O3P/c1-13(2)19-21(18,20-14(3)4)17-12-16(17)11-10-15-8-6-5-7-9-15/h5-11,13-14,16-17H,12H2,1-4H3/b11-10+/t16-,17-/m0/s1. The zero-order valence-corrected chi connectivity index (χ0v) is 14.1. The van der Waals surface area contributed by atoms with Crippen molar-refractivity contribution >= 4 is 13.7 Å². The molecule has 1 fully saturated rings. The van der Waals surface area contributed by atoms with Gasteiger partial charge in [0.1, 0.15) is 0 Å². The van der Waals surface area contributed by atoms with Crippen LogP contribution in [0.25, 0.3) is 6.08 Å². The van der Waals surface area contributed by atoms with E-state index in [0.717, 1.165) is 12.0 Å². The molecule has 0 radical (unpaired) electrons. The van der Waals surface area contributed by atoms with Gasteiger partial charge in [0, 0.05) is 0 Å². The van der Waals surface area contributed by atoms with E-state index in [4.69, 9.17) is 9.05 Å². The largest absolute Gasteiger partial charge is 0.334 e. The van der Waals surface area contributed by atoms with Crippen molar-refractivity contribution in [2.75, 3.05) is 0 Å². The summed E-state index contributed by atoms with van der Waals surface area (Å²) in [6, 6.07) is 10.1. The molecule has 1 aliphatic rings. The van der Waals surface area contributed by atoms with Gasteiger partial charge in [0.2, 0.25) is 0 Å². The Balaban J connectivity index is 2.01. The lowest BCUT2D eigenvalue weighted by molar-refractivity contribution is 0.141. The van der Waals surface area contributed by atoms with Crippen molar-refractivity contribution in [2.45, 2.75) is 52.0 Å². The van der Waals surface area contributed by atoms with Gasteiger partial charge in [0.05, 0.1) is 17.9 Å². The van der Waals surface area contributed by atoms with Crippen molar-refractivity contribution in [3.05, 3.63) is 42.0 Å². The summed E-state index contributed by atoms with van der Waals surface area (Å²) in [5.41, 5.74) is 1.16. The van der Waals surface area contributed by atoms with E-state index in [1.54, 1.807) is 0 Å². The maximum absolute atomic E-state index is 12.9. The molecular formula is C17H25O3P. The van der Waals surface area contributed by atoms with Crippen LogP contribution in [0.5, 0.6) is 0 Å². The highest BCUT2D eigenvalue weighted by atomic mass is 31.2. The molecule has 0 saturated heterocycles. The Hall–Kier alpha value is -0.890. The fourth-order valence-electron chi connectivity index (χ4n) is 2.34. The molecule has 3 nitrogen and oxygen atoms in total. The topological polar surface area (TPSA) is 35.5 Å². The summed E-state index contributed by atoms with van der Waals surface area (Å²) in [5.74, 6) is 0.286. The van der Waals surface area contributed by atoms with E-state index in [-0.39, 0.29) is 23.8 Å². The fraction of sp³-hybridized carbons (Fsp3) is 0.529. The van der Waals surface area contributed by atoms with Crippen molar-refractivity contribution in [3.8, 4) is 0 Å².